The quantitative estimate of drug-likeness (QED) is 0.677. The summed E-state index contributed by atoms with van der Waals surface area (Å²) >= 11 is 0. The molecule has 0 spiro atoms. The van der Waals surface area contributed by atoms with Crippen LogP contribution in [0.15, 0.2) is 42.7 Å². The predicted octanol–water partition coefficient (Wildman–Crippen LogP) is 4.02. The molecule has 0 bridgehead atoms. The van der Waals surface area contributed by atoms with Crippen LogP contribution in [-0.4, -0.2) is 36.1 Å². The maximum absolute atomic E-state index is 14.0. The molecule has 0 atom stereocenters. The van der Waals surface area contributed by atoms with Crippen LogP contribution >= 0.6 is 0 Å². The number of halogens is 2. The Kier molecular flexibility index (Phi) is 5.39. The smallest absolute Gasteiger partial charge is 0.159 e. The summed E-state index contributed by atoms with van der Waals surface area (Å²) in [6, 6.07) is 9.66. The molecular weight excluding hydrogens is 386 g/mol. The van der Waals surface area contributed by atoms with Gasteiger partial charge in [-0.3, -0.25) is 0 Å². The van der Waals surface area contributed by atoms with Crippen LogP contribution in [0, 0.1) is 25.5 Å². The van der Waals surface area contributed by atoms with Crippen molar-refractivity contribution in [3.63, 3.8) is 0 Å². The fourth-order valence-corrected chi connectivity index (χ4v) is 3.69. The number of anilines is 5. The van der Waals surface area contributed by atoms with Crippen molar-refractivity contribution < 1.29 is 8.78 Å². The van der Waals surface area contributed by atoms with Gasteiger partial charge in [-0.15, -0.1) is 0 Å². The summed E-state index contributed by atoms with van der Waals surface area (Å²) in [5.74, 6) is -0.453. The molecule has 1 aromatic heterocycles. The zero-order valence-electron chi connectivity index (χ0n) is 17.0. The molecule has 0 saturated carbocycles. The van der Waals surface area contributed by atoms with Gasteiger partial charge in [0.2, 0.25) is 0 Å². The van der Waals surface area contributed by atoms with Gasteiger partial charge in [-0.1, -0.05) is 12.1 Å². The minimum absolute atomic E-state index is 0.104. The van der Waals surface area contributed by atoms with Crippen LogP contribution in [0.2, 0.25) is 0 Å². The summed E-state index contributed by atoms with van der Waals surface area (Å²) in [5.41, 5.74) is 10.5. The van der Waals surface area contributed by atoms with E-state index >= 15 is 0 Å². The van der Waals surface area contributed by atoms with E-state index in [2.05, 4.69) is 57.1 Å². The number of hydrogen-bond acceptors (Lipinski definition) is 6. The highest BCUT2D eigenvalue weighted by Crippen LogP contribution is 2.31. The van der Waals surface area contributed by atoms with E-state index in [0.29, 0.717) is 17.3 Å². The molecule has 6 nitrogen and oxygen atoms in total. The van der Waals surface area contributed by atoms with Crippen LogP contribution < -0.4 is 20.9 Å². The highest BCUT2D eigenvalue weighted by atomic mass is 19.1. The van der Waals surface area contributed by atoms with Gasteiger partial charge in [0.05, 0.1) is 5.69 Å². The van der Waals surface area contributed by atoms with Crippen LogP contribution in [0.25, 0.3) is 0 Å². The molecule has 0 unspecified atom stereocenters. The minimum atomic E-state index is -0.711. The molecule has 3 N–H and O–H groups in total. The van der Waals surface area contributed by atoms with Crippen LogP contribution in [0.5, 0.6) is 0 Å². The Morgan fingerprint density at radius 3 is 2.43 bits per heavy atom. The SMILES string of the molecule is Cc1cccc(N2CCN(c3ncnc(Nc4ccc(F)cc4F)c3N)CC2)c1C. The number of nitrogens with zero attached hydrogens (tertiary/aromatic N) is 4. The highest BCUT2D eigenvalue weighted by molar-refractivity contribution is 5.78. The van der Waals surface area contributed by atoms with Crippen molar-refractivity contribution in [1.82, 2.24) is 9.97 Å². The second-order valence-electron chi connectivity index (χ2n) is 7.40. The largest absolute Gasteiger partial charge is 0.393 e. The lowest BCUT2D eigenvalue weighted by atomic mass is 10.1. The van der Waals surface area contributed by atoms with Gasteiger partial charge in [0.15, 0.2) is 11.6 Å². The molecule has 1 aliphatic heterocycles. The lowest BCUT2D eigenvalue weighted by Crippen LogP contribution is -2.47. The molecule has 0 radical (unpaired) electrons. The molecule has 4 rings (SSSR count). The van der Waals surface area contributed by atoms with E-state index in [1.807, 2.05) is 0 Å². The first-order valence-electron chi connectivity index (χ1n) is 9.82. The molecule has 1 saturated heterocycles. The van der Waals surface area contributed by atoms with E-state index < -0.39 is 11.6 Å². The van der Waals surface area contributed by atoms with Crippen LogP contribution in [0.4, 0.5) is 37.5 Å². The van der Waals surface area contributed by atoms with Gasteiger partial charge in [0, 0.05) is 37.9 Å². The van der Waals surface area contributed by atoms with Gasteiger partial charge < -0.3 is 20.9 Å². The zero-order chi connectivity index (χ0) is 21.3. The first kappa shape index (κ1) is 19.9. The third-order valence-electron chi connectivity index (χ3n) is 5.54. The number of rotatable bonds is 4. The second kappa shape index (κ2) is 8.14. The van der Waals surface area contributed by atoms with Crippen molar-refractivity contribution in [1.29, 1.82) is 0 Å². The molecule has 3 aromatic rings. The second-order valence-corrected chi connectivity index (χ2v) is 7.40. The molecule has 0 amide bonds. The Morgan fingerprint density at radius 2 is 1.70 bits per heavy atom. The van der Waals surface area contributed by atoms with Crippen molar-refractivity contribution >= 4 is 28.7 Å². The summed E-state index contributed by atoms with van der Waals surface area (Å²) in [5, 5.41) is 2.84. The maximum Gasteiger partial charge on any atom is 0.159 e. The summed E-state index contributed by atoms with van der Waals surface area (Å²) in [6.45, 7) is 7.44. The Hall–Kier alpha value is -3.42. The van der Waals surface area contributed by atoms with Crippen LogP contribution in [-0.2, 0) is 0 Å². The normalized spacial score (nSPS) is 14.1. The van der Waals surface area contributed by atoms with E-state index in [0.717, 1.165) is 32.2 Å². The van der Waals surface area contributed by atoms with E-state index in [1.54, 1.807) is 0 Å². The summed E-state index contributed by atoms with van der Waals surface area (Å²) in [6.07, 6.45) is 1.40. The van der Waals surface area contributed by atoms with Gasteiger partial charge in [0.25, 0.3) is 0 Å². The van der Waals surface area contributed by atoms with Crippen LogP contribution in [0.1, 0.15) is 11.1 Å². The molecule has 2 heterocycles. The van der Waals surface area contributed by atoms with E-state index in [9.17, 15) is 8.78 Å². The average Bonchev–Trinajstić information content (AvgIpc) is 2.74. The Bertz CT molecular complexity index is 1060. The standard InChI is InChI=1S/C22H24F2N6/c1-14-4-3-5-19(15(14)2)29-8-10-30(11-9-29)22-20(25)21(26-13-27-22)28-18-7-6-16(23)12-17(18)24/h3-7,12-13H,8-11,25H2,1-2H3,(H,26,27,28). The van der Waals surface area contributed by atoms with E-state index in [4.69, 9.17) is 5.73 Å². The molecule has 1 fully saturated rings. The monoisotopic (exact) mass is 410 g/mol. The minimum Gasteiger partial charge on any atom is -0.393 e. The van der Waals surface area contributed by atoms with Crippen molar-refractivity contribution in [2.75, 3.05) is 47.0 Å². The van der Waals surface area contributed by atoms with Crippen molar-refractivity contribution in [3.05, 3.63) is 65.5 Å². The Labute approximate surface area is 174 Å². The maximum atomic E-state index is 14.0. The van der Waals surface area contributed by atoms with Gasteiger partial charge in [0.1, 0.15) is 23.6 Å². The summed E-state index contributed by atoms with van der Waals surface area (Å²) in [7, 11) is 0. The van der Waals surface area contributed by atoms with Gasteiger partial charge in [-0.2, -0.15) is 0 Å². The lowest BCUT2D eigenvalue weighted by Gasteiger charge is -2.38. The molecule has 30 heavy (non-hydrogen) atoms. The van der Waals surface area contributed by atoms with Crippen LogP contribution in [0.3, 0.4) is 0 Å². The number of benzene rings is 2. The molecule has 156 valence electrons. The van der Waals surface area contributed by atoms with Gasteiger partial charge >= 0.3 is 0 Å². The van der Waals surface area contributed by atoms with E-state index in [1.165, 1.54) is 35.3 Å². The first-order chi connectivity index (χ1) is 14.4. The van der Waals surface area contributed by atoms with Gasteiger partial charge in [-0.25, -0.2) is 18.7 Å². The van der Waals surface area contributed by atoms with E-state index in [-0.39, 0.29) is 5.69 Å². The number of nitrogen functional groups attached to an aromatic ring is 1. The lowest BCUT2D eigenvalue weighted by molar-refractivity contribution is 0.586. The Balaban J connectivity index is 1.50. The number of nitrogens with one attached hydrogen (secondary N) is 1. The molecule has 2 aromatic carbocycles. The number of aromatic nitrogens is 2. The molecule has 1 aliphatic rings. The molecule has 8 heteroatoms. The fourth-order valence-electron chi connectivity index (χ4n) is 3.69. The fraction of sp³-hybridized carbons (Fsp3) is 0.273. The highest BCUT2D eigenvalue weighted by Gasteiger charge is 2.22. The number of piperazine rings is 1. The third kappa shape index (κ3) is 3.85. The molecule has 0 aliphatic carbocycles. The predicted molar refractivity (Wildman–Crippen MR) is 116 cm³/mol. The first-order valence-corrected chi connectivity index (χ1v) is 9.82. The van der Waals surface area contributed by atoms with Crippen molar-refractivity contribution in [2.45, 2.75) is 13.8 Å². The topological polar surface area (TPSA) is 70.3 Å². The number of hydrogen-bond donors (Lipinski definition) is 2. The average molecular weight is 410 g/mol. The Morgan fingerprint density at radius 1 is 0.967 bits per heavy atom. The van der Waals surface area contributed by atoms with Gasteiger partial charge in [-0.05, 0) is 43.2 Å². The summed E-state index contributed by atoms with van der Waals surface area (Å²) < 4.78 is 27.1. The summed E-state index contributed by atoms with van der Waals surface area (Å²) in [4.78, 5) is 12.9. The van der Waals surface area contributed by atoms with Crippen molar-refractivity contribution in [2.24, 2.45) is 0 Å². The zero-order valence-corrected chi connectivity index (χ0v) is 17.0. The van der Waals surface area contributed by atoms with Crippen molar-refractivity contribution in [3.8, 4) is 0 Å². The number of aryl methyl sites for hydroxylation is 1. The third-order valence-corrected chi connectivity index (χ3v) is 5.54. The molecular formula is C22H24F2N6. The number of nitrogens with two attached hydrogens (primary N) is 1.